The summed E-state index contributed by atoms with van der Waals surface area (Å²) in [5.74, 6) is 0.622. The van der Waals surface area contributed by atoms with Gasteiger partial charge in [0.15, 0.2) is 0 Å². The molecule has 21 heavy (non-hydrogen) atoms. The molecule has 0 aliphatic heterocycles. The first-order valence-electron chi connectivity index (χ1n) is 7.77. The Hall–Kier alpha value is -1.31. The Morgan fingerprint density at radius 3 is 2.81 bits per heavy atom. The second-order valence-corrected chi connectivity index (χ2v) is 6.39. The van der Waals surface area contributed by atoms with Crippen molar-refractivity contribution < 1.29 is 0 Å². The predicted molar refractivity (Wildman–Crippen MR) is 89.8 cm³/mol. The van der Waals surface area contributed by atoms with Gasteiger partial charge >= 0.3 is 0 Å². The van der Waals surface area contributed by atoms with Gasteiger partial charge in [-0.3, -0.25) is 0 Å². The fraction of sp³-hybridized carbons (Fsp3) is 0.368. The first-order chi connectivity index (χ1) is 10.3. The lowest BCUT2D eigenvalue weighted by Crippen LogP contribution is -2.26. The number of benzene rings is 2. The van der Waals surface area contributed by atoms with E-state index >= 15 is 0 Å². The molecule has 0 heterocycles. The predicted octanol–water partition coefficient (Wildman–Crippen LogP) is 4.80. The third-order valence-corrected chi connectivity index (χ3v) is 4.82. The van der Waals surface area contributed by atoms with Crippen LogP contribution < -0.4 is 5.32 Å². The molecule has 1 aliphatic carbocycles. The SMILES string of the molecule is CNC1c2ccccc2CCCC1Cc1cccc(Cl)c1. The van der Waals surface area contributed by atoms with Crippen LogP contribution in [0.4, 0.5) is 0 Å². The number of fused-ring (bicyclic) bond motifs is 1. The molecule has 1 aliphatic rings. The second kappa shape index (κ2) is 6.64. The average Bonchev–Trinajstić information content (AvgIpc) is 2.66. The molecule has 0 aromatic heterocycles. The van der Waals surface area contributed by atoms with Gasteiger partial charge in [-0.05, 0) is 67.5 Å². The van der Waals surface area contributed by atoms with E-state index in [0.717, 1.165) is 11.4 Å². The van der Waals surface area contributed by atoms with Crippen molar-refractivity contribution in [2.24, 2.45) is 5.92 Å². The van der Waals surface area contributed by atoms with Gasteiger partial charge < -0.3 is 5.32 Å². The molecule has 0 saturated carbocycles. The molecule has 3 rings (SSSR count). The van der Waals surface area contributed by atoms with Gasteiger partial charge in [-0.15, -0.1) is 0 Å². The van der Waals surface area contributed by atoms with Gasteiger partial charge in [0.25, 0.3) is 0 Å². The summed E-state index contributed by atoms with van der Waals surface area (Å²) in [6.45, 7) is 0. The quantitative estimate of drug-likeness (QED) is 0.803. The van der Waals surface area contributed by atoms with Crippen LogP contribution >= 0.6 is 11.6 Å². The molecule has 2 atom stereocenters. The molecule has 2 heteroatoms. The van der Waals surface area contributed by atoms with Gasteiger partial charge in [0.2, 0.25) is 0 Å². The van der Waals surface area contributed by atoms with Crippen molar-refractivity contribution in [2.45, 2.75) is 31.7 Å². The molecule has 2 aromatic carbocycles. The Morgan fingerprint density at radius 1 is 1.14 bits per heavy atom. The van der Waals surface area contributed by atoms with Crippen LogP contribution in [-0.2, 0) is 12.8 Å². The zero-order chi connectivity index (χ0) is 14.7. The second-order valence-electron chi connectivity index (χ2n) is 5.95. The van der Waals surface area contributed by atoms with E-state index in [9.17, 15) is 0 Å². The van der Waals surface area contributed by atoms with Crippen LogP contribution in [0.15, 0.2) is 48.5 Å². The maximum Gasteiger partial charge on any atom is 0.0408 e. The van der Waals surface area contributed by atoms with E-state index in [-0.39, 0.29) is 0 Å². The number of halogens is 1. The Bertz CT molecular complexity index is 608. The number of hydrogen-bond acceptors (Lipinski definition) is 1. The minimum atomic E-state index is 0.433. The molecule has 1 nitrogen and oxygen atoms in total. The van der Waals surface area contributed by atoms with Gasteiger partial charge in [-0.1, -0.05) is 48.0 Å². The first-order valence-corrected chi connectivity index (χ1v) is 8.15. The van der Waals surface area contributed by atoms with Crippen LogP contribution in [0.2, 0.25) is 5.02 Å². The topological polar surface area (TPSA) is 12.0 Å². The molecule has 0 amide bonds. The van der Waals surface area contributed by atoms with Crippen LogP contribution in [0.3, 0.4) is 0 Å². The highest BCUT2D eigenvalue weighted by atomic mass is 35.5. The Kier molecular flexibility index (Phi) is 4.62. The first kappa shape index (κ1) is 14.6. The summed E-state index contributed by atoms with van der Waals surface area (Å²) < 4.78 is 0. The van der Waals surface area contributed by atoms with Crippen molar-refractivity contribution in [1.82, 2.24) is 5.32 Å². The highest BCUT2D eigenvalue weighted by Gasteiger charge is 2.26. The Morgan fingerprint density at radius 2 is 2.00 bits per heavy atom. The van der Waals surface area contributed by atoms with E-state index in [2.05, 4.69) is 54.8 Å². The smallest absolute Gasteiger partial charge is 0.0408 e. The minimum absolute atomic E-state index is 0.433. The average molecular weight is 300 g/mol. The molecular weight excluding hydrogens is 278 g/mol. The summed E-state index contributed by atoms with van der Waals surface area (Å²) in [5, 5.41) is 4.39. The molecule has 1 N–H and O–H groups in total. The summed E-state index contributed by atoms with van der Waals surface area (Å²) in [6.07, 6.45) is 4.80. The van der Waals surface area contributed by atoms with E-state index in [1.165, 1.54) is 36.0 Å². The molecule has 0 bridgehead atoms. The molecule has 0 radical (unpaired) electrons. The maximum atomic E-state index is 6.13. The Balaban J connectivity index is 1.88. The van der Waals surface area contributed by atoms with Gasteiger partial charge in [-0.25, -0.2) is 0 Å². The molecule has 2 unspecified atom stereocenters. The van der Waals surface area contributed by atoms with Gasteiger partial charge in [0, 0.05) is 11.1 Å². The molecule has 0 saturated heterocycles. The van der Waals surface area contributed by atoms with E-state index in [4.69, 9.17) is 11.6 Å². The van der Waals surface area contributed by atoms with Crippen LogP contribution in [0.1, 0.15) is 35.6 Å². The van der Waals surface area contributed by atoms with E-state index in [1.54, 1.807) is 0 Å². The molecule has 0 fully saturated rings. The lowest BCUT2D eigenvalue weighted by atomic mass is 9.86. The van der Waals surface area contributed by atoms with Crippen molar-refractivity contribution in [3.63, 3.8) is 0 Å². The maximum absolute atomic E-state index is 6.13. The molecule has 0 spiro atoms. The summed E-state index contributed by atoms with van der Waals surface area (Å²) in [4.78, 5) is 0. The van der Waals surface area contributed by atoms with Gasteiger partial charge in [-0.2, -0.15) is 0 Å². The van der Waals surface area contributed by atoms with Crippen LogP contribution in [0, 0.1) is 5.92 Å². The third-order valence-electron chi connectivity index (χ3n) is 4.58. The number of hydrogen-bond donors (Lipinski definition) is 1. The van der Waals surface area contributed by atoms with E-state index in [0.29, 0.717) is 12.0 Å². The van der Waals surface area contributed by atoms with Crippen molar-refractivity contribution >= 4 is 11.6 Å². The van der Waals surface area contributed by atoms with Crippen molar-refractivity contribution in [3.05, 3.63) is 70.2 Å². The number of nitrogens with one attached hydrogen (secondary N) is 1. The fourth-order valence-electron chi connectivity index (χ4n) is 3.62. The highest BCUT2D eigenvalue weighted by Crippen LogP contribution is 2.35. The lowest BCUT2D eigenvalue weighted by Gasteiger charge is -2.26. The van der Waals surface area contributed by atoms with Crippen molar-refractivity contribution in [3.8, 4) is 0 Å². The molecule has 110 valence electrons. The Labute approximate surface area is 132 Å². The van der Waals surface area contributed by atoms with Crippen LogP contribution in [-0.4, -0.2) is 7.05 Å². The number of rotatable bonds is 3. The highest BCUT2D eigenvalue weighted by molar-refractivity contribution is 6.30. The summed E-state index contributed by atoms with van der Waals surface area (Å²) in [7, 11) is 2.08. The van der Waals surface area contributed by atoms with Crippen LogP contribution in [0.25, 0.3) is 0 Å². The zero-order valence-corrected chi connectivity index (χ0v) is 13.2. The van der Waals surface area contributed by atoms with E-state index < -0.39 is 0 Å². The van der Waals surface area contributed by atoms with Crippen molar-refractivity contribution in [1.29, 1.82) is 0 Å². The lowest BCUT2D eigenvalue weighted by molar-refractivity contribution is 0.359. The fourth-order valence-corrected chi connectivity index (χ4v) is 3.83. The third kappa shape index (κ3) is 3.30. The molecular formula is C19H22ClN. The summed E-state index contributed by atoms with van der Waals surface area (Å²) in [6, 6.07) is 17.6. The van der Waals surface area contributed by atoms with Crippen molar-refractivity contribution in [2.75, 3.05) is 7.05 Å². The summed E-state index contributed by atoms with van der Waals surface area (Å²) >= 11 is 6.13. The monoisotopic (exact) mass is 299 g/mol. The largest absolute Gasteiger partial charge is 0.313 e. The normalized spacial score (nSPS) is 21.6. The summed E-state index contributed by atoms with van der Waals surface area (Å²) in [5.41, 5.74) is 4.32. The molecule has 2 aromatic rings. The van der Waals surface area contributed by atoms with Gasteiger partial charge in [0.05, 0.1) is 0 Å². The minimum Gasteiger partial charge on any atom is -0.313 e. The van der Waals surface area contributed by atoms with Crippen LogP contribution in [0.5, 0.6) is 0 Å². The number of aryl methyl sites for hydroxylation is 1. The zero-order valence-electron chi connectivity index (χ0n) is 12.5. The standard InChI is InChI=1S/C19H22ClN/c1-21-19-16(12-14-6-4-10-17(20)13-14)9-5-8-15-7-2-3-11-18(15)19/h2-4,6-7,10-11,13,16,19,21H,5,8-9,12H2,1H3. The van der Waals surface area contributed by atoms with E-state index in [1.807, 2.05) is 6.07 Å². The van der Waals surface area contributed by atoms with Gasteiger partial charge in [0.1, 0.15) is 0 Å².